The number of hydrogen-bond donors (Lipinski definition) is 2. The summed E-state index contributed by atoms with van der Waals surface area (Å²) in [5, 5.41) is 8.98. The molecule has 2 heterocycles. The Morgan fingerprint density at radius 3 is 3.06 bits per heavy atom. The van der Waals surface area contributed by atoms with Crippen LogP contribution in [0.3, 0.4) is 0 Å². The van der Waals surface area contributed by atoms with Crippen LogP contribution in [0.4, 0.5) is 0 Å². The molecule has 1 aromatic heterocycles. The summed E-state index contributed by atoms with van der Waals surface area (Å²) in [6.45, 7) is 3.04. The molecule has 1 unspecified atom stereocenters. The van der Waals surface area contributed by atoms with Crippen molar-refractivity contribution in [3.8, 4) is 0 Å². The van der Waals surface area contributed by atoms with Crippen LogP contribution in [0.1, 0.15) is 35.1 Å². The lowest BCUT2D eigenvalue weighted by atomic mass is 10.1. The molecule has 1 aliphatic heterocycles. The second kappa shape index (κ2) is 4.10. The van der Waals surface area contributed by atoms with E-state index in [1.165, 1.54) is 0 Å². The molecule has 5 nitrogen and oxygen atoms in total. The maximum absolute atomic E-state index is 11.4. The van der Waals surface area contributed by atoms with Crippen LogP contribution >= 0.6 is 0 Å². The van der Waals surface area contributed by atoms with Crippen molar-refractivity contribution in [3.05, 3.63) is 29.5 Å². The molecule has 0 bridgehead atoms. The third-order valence-corrected chi connectivity index (χ3v) is 3.57. The first-order valence-electron chi connectivity index (χ1n) is 6.19. The average Bonchev–Trinajstić information content (AvgIpc) is 2.97. The zero-order valence-electron chi connectivity index (χ0n) is 10.3. The maximum atomic E-state index is 11.4. The lowest BCUT2D eigenvalue weighted by molar-refractivity contribution is 0.100. The quantitative estimate of drug-likeness (QED) is 0.837. The van der Waals surface area contributed by atoms with Crippen molar-refractivity contribution in [1.82, 2.24) is 15.1 Å². The second-order valence-electron chi connectivity index (χ2n) is 4.71. The Morgan fingerprint density at radius 1 is 1.56 bits per heavy atom. The summed E-state index contributed by atoms with van der Waals surface area (Å²) < 4.78 is 1.98. The molecule has 1 amide bonds. The first kappa shape index (κ1) is 11.2. The van der Waals surface area contributed by atoms with E-state index in [2.05, 4.69) is 10.4 Å². The molecular formula is C13H16N4O. The van der Waals surface area contributed by atoms with E-state index >= 15 is 0 Å². The van der Waals surface area contributed by atoms with Crippen LogP contribution in [0.15, 0.2) is 18.2 Å². The normalized spacial score (nSPS) is 19.5. The first-order valence-corrected chi connectivity index (χ1v) is 6.19. The third kappa shape index (κ3) is 1.59. The average molecular weight is 244 g/mol. The zero-order chi connectivity index (χ0) is 12.7. The summed E-state index contributed by atoms with van der Waals surface area (Å²) >= 11 is 0. The molecule has 2 aromatic rings. The van der Waals surface area contributed by atoms with Crippen molar-refractivity contribution in [2.24, 2.45) is 5.73 Å². The number of aryl methyl sites for hydroxylation is 1. The van der Waals surface area contributed by atoms with E-state index in [4.69, 9.17) is 5.73 Å². The van der Waals surface area contributed by atoms with Crippen LogP contribution in [-0.4, -0.2) is 22.2 Å². The largest absolute Gasteiger partial charge is 0.366 e. The van der Waals surface area contributed by atoms with Gasteiger partial charge in [0.1, 0.15) is 11.7 Å². The predicted octanol–water partition coefficient (Wildman–Crippen LogP) is 1.33. The number of rotatable bonds is 2. The van der Waals surface area contributed by atoms with Crippen molar-refractivity contribution in [1.29, 1.82) is 0 Å². The van der Waals surface area contributed by atoms with Gasteiger partial charge in [0, 0.05) is 11.1 Å². The van der Waals surface area contributed by atoms with E-state index in [0.717, 1.165) is 30.5 Å². The molecule has 18 heavy (non-hydrogen) atoms. The Balaban J connectivity index is 2.20. The highest BCUT2D eigenvalue weighted by atomic mass is 16.1. The lowest BCUT2D eigenvalue weighted by Crippen LogP contribution is -2.21. The van der Waals surface area contributed by atoms with E-state index in [1.807, 2.05) is 23.7 Å². The Labute approximate surface area is 105 Å². The van der Waals surface area contributed by atoms with Gasteiger partial charge in [-0.3, -0.25) is 14.8 Å². The van der Waals surface area contributed by atoms with E-state index in [1.54, 1.807) is 6.07 Å². The summed E-state index contributed by atoms with van der Waals surface area (Å²) in [4.78, 5) is 11.4. The number of primary amides is 1. The highest BCUT2D eigenvalue weighted by Gasteiger charge is 2.21. The number of carbonyl (C=O) groups excluding carboxylic acids is 1. The summed E-state index contributed by atoms with van der Waals surface area (Å²) in [5.74, 6) is -0.426. The van der Waals surface area contributed by atoms with Crippen molar-refractivity contribution < 1.29 is 4.79 Å². The minimum atomic E-state index is -0.426. The Morgan fingerprint density at radius 2 is 2.39 bits per heavy atom. The van der Waals surface area contributed by atoms with Gasteiger partial charge in [-0.05, 0) is 32.4 Å². The topological polar surface area (TPSA) is 72.9 Å². The fraction of sp³-hybridized carbons (Fsp3) is 0.385. The minimum Gasteiger partial charge on any atom is -0.366 e. The van der Waals surface area contributed by atoms with Gasteiger partial charge in [-0.2, -0.15) is 5.10 Å². The molecule has 1 aromatic carbocycles. The van der Waals surface area contributed by atoms with Gasteiger partial charge in [0.15, 0.2) is 0 Å². The first-order chi connectivity index (χ1) is 8.68. The number of nitrogens with zero attached hydrogens (tertiary/aromatic N) is 2. The summed E-state index contributed by atoms with van der Waals surface area (Å²) in [6, 6.07) is 5.56. The monoisotopic (exact) mass is 244 g/mol. The molecule has 1 aliphatic rings. The number of nitrogens with one attached hydrogen (secondary N) is 1. The standard InChI is InChI=1S/C13H16N4O/c1-8-9-4-2-5-10(13(14)18)12(9)16-17(8)11-6-3-7-15-11/h2,4-5,11,15H,3,6-7H2,1H3,(H2,14,18). The molecule has 1 saturated heterocycles. The lowest BCUT2D eigenvalue weighted by Gasteiger charge is -2.12. The SMILES string of the molecule is Cc1c2cccc(C(N)=O)c2nn1C1CCCN1. The van der Waals surface area contributed by atoms with Gasteiger partial charge in [0.2, 0.25) is 0 Å². The van der Waals surface area contributed by atoms with Gasteiger partial charge >= 0.3 is 0 Å². The van der Waals surface area contributed by atoms with Crippen molar-refractivity contribution in [2.45, 2.75) is 25.9 Å². The van der Waals surface area contributed by atoms with Crippen LogP contribution in [0, 0.1) is 6.92 Å². The molecule has 1 atom stereocenters. The van der Waals surface area contributed by atoms with Crippen LogP contribution in [0.5, 0.6) is 0 Å². The van der Waals surface area contributed by atoms with E-state index in [0.29, 0.717) is 11.1 Å². The molecule has 3 rings (SSSR count). The number of fused-ring (bicyclic) bond motifs is 1. The molecule has 0 saturated carbocycles. The van der Waals surface area contributed by atoms with Crippen LogP contribution < -0.4 is 11.1 Å². The van der Waals surface area contributed by atoms with Gasteiger partial charge in [0.25, 0.3) is 5.91 Å². The maximum Gasteiger partial charge on any atom is 0.250 e. The molecule has 1 fully saturated rings. The molecular weight excluding hydrogens is 228 g/mol. The van der Waals surface area contributed by atoms with Gasteiger partial charge in [-0.25, -0.2) is 0 Å². The molecule has 0 spiro atoms. The minimum absolute atomic E-state index is 0.234. The fourth-order valence-electron chi connectivity index (χ4n) is 2.63. The third-order valence-electron chi connectivity index (χ3n) is 3.57. The van der Waals surface area contributed by atoms with E-state index < -0.39 is 5.91 Å². The number of carbonyl (C=O) groups is 1. The van der Waals surface area contributed by atoms with Crippen molar-refractivity contribution >= 4 is 16.8 Å². The number of benzene rings is 1. The van der Waals surface area contributed by atoms with Gasteiger partial charge in [-0.1, -0.05) is 12.1 Å². The molecule has 0 radical (unpaired) electrons. The van der Waals surface area contributed by atoms with E-state index in [-0.39, 0.29) is 6.17 Å². The Kier molecular flexibility index (Phi) is 2.56. The highest BCUT2D eigenvalue weighted by Crippen LogP contribution is 2.26. The van der Waals surface area contributed by atoms with Gasteiger partial charge in [-0.15, -0.1) is 0 Å². The summed E-state index contributed by atoms with van der Waals surface area (Å²) in [7, 11) is 0. The van der Waals surface area contributed by atoms with E-state index in [9.17, 15) is 4.79 Å². The Bertz CT molecular complexity index is 611. The number of aromatic nitrogens is 2. The number of nitrogens with two attached hydrogens (primary N) is 1. The van der Waals surface area contributed by atoms with Crippen molar-refractivity contribution in [3.63, 3.8) is 0 Å². The van der Waals surface area contributed by atoms with Crippen LogP contribution in [0.2, 0.25) is 0 Å². The fourth-order valence-corrected chi connectivity index (χ4v) is 2.63. The predicted molar refractivity (Wildman–Crippen MR) is 69.3 cm³/mol. The smallest absolute Gasteiger partial charge is 0.250 e. The Hall–Kier alpha value is -1.88. The van der Waals surface area contributed by atoms with Gasteiger partial charge < -0.3 is 5.73 Å². The number of amides is 1. The summed E-state index contributed by atoms with van der Waals surface area (Å²) in [6.07, 6.45) is 2.46. The zero-order valence-corrected chi connectivity index (χ0v) is 10.3. The van der Waals surface area contributed by atoms with Crippen molar-refractivity contribution in [2.75, 3.05) is 6.54 Å². The highest BCUT2D eigenvalue weighted by molar-refractivity contribution is 6.05. The molecule has 0 aliphatic carbocycles. The molecule has 94 valence electrons. The molecule has 3 N–H and O–H groups in total. The van der Waals surface area contributed by atoms with Gasteiger partial charge in [0.05, 0.1) is 5.56 Å². The van der Waals surface area contributed by atoms with Crippen LogP contribution in [0.25, 0.3) is 10.9 Å². The number of hydrogen-bond acceptors (Lipinski definition) is 3. The second-order valence-corrected chi connectivity index (χ2v) is 4.71. The van der Waals surface area contributed by atoms with Crippen LogP contribution in [-0.2, 0) is 0 Å². The summed E-state index contributed by atoms with van der Waals surface area (Å²) in [5.41, 5.74) is 7.66. The molecule has 5 heteroatoms.